The highest BCUT2D eigenvalue weighted by molar-refractivity contribution is 5.94. The van der Waals surface area contributed by atoms with Gasteiger partial charge in [-0.15, -0.1) is 0 Å². The van der Waals surface area contributed by atoms with E-state index in [1.54, 1.807) is 0 Å². The summed E-state index contributed by atoms with van der Waals surface area (Å²) >= 11 is 0. The van der Waals surface area contributed by atoms with Gasteiger partial charge in [0.15, 0.2) is 0 Å². The van der Waals surface area contributed by atoms with Gasteiger partial charge in [0.2, 0.25) is 0 Å². The number of carbonyl (C=O) groups is 1. The van der Waals surface area contributed by atoms with Crippen LogP contribution in [-0.2, 0) is 6.42 Å². The number of carbonyl (C=O) groups excluding carboxylic acids is 1. The number of rotatable bonds is 4. The summed E-state index contributed by atoms with van der Waals surface area (Å²) in [6, 6.07) is 22.5. The molecule has 0 radical (unpaired) electrons. The van der Waals surface area contributed by atoms with Gasteiger partial charge >= 0.3 is 0 Å². The molecule has 132 valence electrons. The first-order valence-corrected chi connectivity index (χ1v) is 9.36. The second-order valence-corrected chi connectivity index (χ2v) is 7.07. The number of aromatic nitrogens is 1. The molecule has 1 aliphatic heterocycles. The van der Waals surface area contributed by atoms with Gasteiger partial charge < -0.3 is 9.47 Å². The van der Waals surface area contributed by atoms with Gasteiger partial charge in [-0.3, -0.25) is 4.79 Å². The van der Waals surface area contributed by atoms with Crippen LogP contribution < -0.4 is 0 Å². The zero-order valence-corrected chi connectivity index (χ0v) is 14.9. The average molecular weight is 344 g/mol. The van der Waals surface area contributed by atoms with Gasteiger partial charge in [-0.25, -0.2) is 0 Å². The third kappa shape index (κ3) is 3.72. The fourth-order valence-corrected chi connectivity index (χ4v) is 3.78. The molecular formula is C23H24N2O. The van der Waals surface area contributed by atoms with Crippen LogP contribution in [0.1, 0.15) is 28.8 Å². The summed E-state index contributed by atoms with van der Waals surface area (Å²) in [6.07, 6.45) is 7.28. The highest BCUT2D eigenvalue weighted by Crippen LogP contribution is 2.23. The number of amides is 1. The maximum Gasteiger partial charge on any atom is 0.253 e. The summed E-state index contributed by atoms with van der Waals surface area (Å²) in [5, 5.41) is 0. The smallest absolute Gasteiger partial charge is 0.253 e. The molecule has 3 nitrogen and oxygen atoms in total. The lowest BCUT2D eigenvalue weighted by Gasteiger charge is -2.32. The summed E-state index contributed by atoms with van der Waals surface area (Å²) in [4.78, 5) is 14.9. The summed E-state index contributed by atoms with van der Waals surface area (Å²) < 4.78 is 2.03. The Morgan fingerprint density at radius 3 is 2.35 bits per heavy atom. The van der Waals surface area contributed by atoms with Gasteiger partial charge in [0.25, 0.3) is 5.91 Å². The summed E-state index contributed by atoms with van der Waals surface area (Å²) in [7, 11) is 0. The molecule has 0 spiro atoms. The van der Waals surface area contributed by atoms with Crippen molar-refractivity contribution in [3.8, 4) is 5.69 Å². The van der Waals surface area contributed by atoms with Crippen LogP contribution in [0.4, 0.5) is 0 Å². The van der Waals surface area contributed by atoms with E-state index in [0.29, 0.717) is 5.92 Å². The number of hydrogen-bond acceptors (Lipinski definition) is 1. The van der Waals surface area contributed by atoms with Crippen molar-refractivity contribution in [2.24, 2.45) is 5.92 Å². The van der Waals surface area contributed by atoms with Crippen molar-refractivity contribution in [1.29, 1.82) is 0 Å². The quantitative estimate of drug-likeness (QED) is 0.680. The molecule has 3 heteroatoms. The van der Waals surface area contributed by atoms with Crippen LogP contribution in [-0.4, -0.2) is 28.5 Å². The summed E-state index contributed by atoms with van der Waals surface area (Å²) in [5.74, 6) is 0.824. The van der Waals surface area contributed by atoms with Crippen molar-refractivity contribution in [2.45, 2.75) is 19.3 Å². The second kappa shape index (κ2) is 7.61. The first-order chi connectivity index (χ1) is 12.8. The monoisotopic (exact) mass is 344 g/mol. The van der Waals surface area contributed by atoms with Gasteiger partial charge in [-0.1, -0.05) is 36.4 Å². The molecule has 0 saturated carbocycles. The lowest BCUT2D eigenvalue weighted by molar-refractivity contribution is 0.0690. The SMILES string of the molecule is O=C(c1cccc(-n2cccc2)c1)N1CCC(Cc2ccccc2)CC1. The fraction of sp³-hybridized carbons (Fsp3) is 0.261. The number of nitrogens with zero attached hydrogens (tertiary/aromatic N) is 2. The van der Waals surface area contributed by atoms with Gasteiger partial charge in [0, 0.05) is 36.7 Å². The van der Waals surface area contributed by atoms with Crippen molar-refractivity contribution in [3.05, 3.63) is 90.3 Å². The minimum absolute atomic E-state index is 0.150. The molecule has 0 bridgehead atoms. The van der Waals surface area contributed by atoms with Crippen LogP contribution in [0.2, 0.25) is 0 Å². The molecule has 0 unspecified atom stereocenters. The Balaban J connectivity index is 1.39. The predicted molar refractivity (Wildman–Crippen MR) is 105 cm³/mol. The predicted octanol–water partition coefficient (Wildman–Crippen LogP) is 4.57. The number of hydrogen-bond donors (Lipinski definition) is 0. The topological polar surface area (TPSA) is 25.2 Å². The van der Waals surface area contributed by atoms with Crippen LogP contribution in [0, 0.1) is 5.92 Å². The van der Waals surface area contributed by atoms with E-state index in [4.69, 9.17) is 0 Å². The zero-order chi connectivity index (χ0) is 17.8. The molecular weight excluding hydrogens is 320 g/mol. The summed E-state index contributed by atoms with van der Waals surface area (Å²) in [6.45, 7) is 1.70. The molecule has 0 aliphatic carbocycles. The minimum Gasteiger partial charge on any atom is -0.339 e. The van der Waals surface area contributed by atoms with Crippen LogP contribution >= 0.6 is 0 Å². The van der Waals surface area contributed by atoms with E-state index in [1.807, 2.05) is 58.3 Å². The second-order valence-electron chi connectivity index (χ2n) is 7.07. The Bertz CT molecular complexity index is 847. The Morgan fingerprint density at radius 2 is 1.62 bits per heavy atom. The van der Waals surface area contributed by atoms with Gasteiger partial charge in [0.05, 0.1) is 0 Å². The molecule has 1 aliphatic rings. The molecule has 2 heterocycles. The fourth-order valence-electron chi connectivity index (χ4n) is 3.78. The van der Waals surface area contributed by atoms with Gasteiger partial charge in [0.1, 0.15) is 0 Å². The van der Waals surface area contributed by atoms with E-state index < -0.39 is 0 Å². The van der Waals surface area contributed by atoms with E-state index in [0.717, 1.165) is 43.6 Å². The molecule has 1 aromatic heterocycles. The average Bonchev–Trinajstić information content (AvgIpc) is 3.24. The first-order valence-electron chi connectivity index (χ1n) is 9.36. The van der Waals surface area contributed by atoms with E-state index in [-0.39, 0.29) is 5.91 Å². The van der Waals surface area contributed by atoms with Crippen molar-refractivity contribution >= 4 is 5.91 Å². The molecule has 4 rings (SSSR count). The van der Waals surface area contributed by atoms with Crippen LogP contribution in [0.25, 0.3) is 5.69 Å². The number of piperidine rings is 1. The van der Waals surface area contributed by atoms with E-state index in [1.165, 1.54) is 5.56 Å². The molecule has 1 amide bonds. The van der Waals surface area contributed by atoms with Gasteiger partial charge in [-0.2, -0.15) is 0 Å². The normalized spacial score (nSPS) is 15.2. The highest BCUT2D eigenvalue weighted by atomic mass is 16.2. The molecule has 1 fully saturated rings. The highest BCUT2D eigenvalue weighted by Gasteiger charge is 2.23. The van der Waals surface area contributed by atoms with Crippen molar-refractivity contribution in [1.82, 2.24) is 9.47 Å². The molecule has 2 aromatic carbocycles. The number of benzene rings is 2. The van der Waals surface area contributed by atoms with Crippen LogP contribution in [0.3, 0.4) is 0 Å². The molecule has 0 atom stereocenters. The van der Waals surface area contributed by atoms with E-state index in [2.05, 4.69) is 30.3 Å². The van der Waals surface area contributed by atoms with Gasteiger partial charge in [-0.05, 0) is 61.1 Å². The molecule has 3 aromatic rings. The van der Waals surface area contributed by atoms with E-state index >= 15 is 0 Å². The Morgan fingerprint density at radius 1 is 0.885 bits per heavy atom. The minimum atomic E-state index is 0.150. The number of likely N-dealkylation sites (tertiary alicyclic amines) is 1. The molecule has 26 heavy (non-hydrogen) atoms. The van der Waals surface area contributed by atoms with Crippen molar-refractivity contribution in [3.63, 3.8) is 0 Å². The lowest BCUT2D eigenvalue weighted by Crippen LogP contribution is -2.38. The maximum atomic E-state index is 12.9. The zero-order valence-electron chi connectivity index (χ0n) is 14.9. The third-order valence-corrected chi connectivity index (χ3v) is 5.26. The standard InChI is InChI=1S/C23H24N2O/c26-23(21-9-6-10-22(18-21)24-13-4-5-14-24)25-15-11-20(12-16-25)17-19-7-2-1-3-8-19/h1-10,13-14,18,20H,11-12,15-17H2. The Kier molecular flexibility index (Phi) is 4.87. The first kappa shape index (κ1) is 16.6. The van der Waals surface area contributed by atoms with Crippen molar-refractivity contribution < 1.29 is 4.79 Å². The molecule has 1 saturated heterocycles. The van der Waals surface area contributed by atoms with E-state index in [9.17, 15) is 4.79 Å². The lowest BCUT2D eigenvalue weighted by atomic mass is 9.90. The summed E-state index contributed by atoms with van der Waals surface area (Å²) in [5.41, 5.74) is 3.20. The maximum absolute atomic E-state index is 12.9. The Labute approximate surface area is 154 Å². The Hall–Kier alpha value is -2.81. The largest absolute Gasteiger partial charge is 0.339 e. The van der Waals surface area contributed by atoms with Crippen molar-refractivity contribution in [2.75, 3.05) is 13.1 Å². The third-order valence-electron chi connectivity index (χ3n) is 5.26. The van der Waals surface area contributed by atoms with Crippen LogP contribution in [0.15, 0.2) is 79.1 Å². The molecule has 0 N–H and O–H groups in total. The van der Waals surface area contributed by atoms with Crippen LogP contribution in [0.5, 0.6) is 0 Å².